The molecule has 1 aromatic heterocycles. The van der Waals surface area contributed by atoms with E-state index in [1.54, 1.807) is 0 Å². The van der Waals surface area contributed by atoms with Crippen molar-refractivity contribution in [1.29, 1.82) is 0 Å². The summed E-state index contributed by atoms with van der Waals surface area (Å²) in [5, 5.41) is 31.0. The first-order valence-electron chi connectivity index (χ1n) is 7.80. The average Bonchev–Trinajstić information content (AvgIpc) is 3.08. The van der Waals surface area contributed by atoms with E-state index < -0.39 is 22.2 Å². The number of aromatic nitrogens is 2. The molecule has 27 heavy (non-hydrogen) atoms. The van der Waals surface area contributed by atoms with Gasteiger partial charge in [0.15, 0.2) is 5.78 Å². The molecule has 0 bridgehead atoms. The van der Waals surface area contributed by atoms with E-state index in [1.165, 1.54) is 47.4 Å². The number of imidazole rings is 1. The van der Waals surface area contributed by atoms with Crippen molar-refractivity contribution >= 4 is 17.4 Å². The maximum absolute atomic E-state index is 12.8. The lowest BCUT2D eigenvalue weighted by molar-refractivity contribution is -0.389. The van der Waals surface area contributed by atoms with Crippen LogP contribution in [0.3, 0.4) is 0 Å². The maximum atomic E-state index is 12.8. The average molecular weight is 365 g/mol. The molecule has 3 aromatic rings. The highest BCUT2D eigenvalue weighted by atomic mass is 16.6. The number of carbonyl (C=O) groups excluding carboxylic acids is 2. The number of carbonyl (C=O) groups is 2. The monoisotopic (exact) mass is 365 g/mol. The van der Waals surface area contributed by atoms with Gasteiger partial charge in [-0.15, -0.1) is 0 Å². The second-order valence-corrected chi connectivity index (χ2v) is 6.06. The summed E-state index contributed by atoms with van der Waals surface area (Å²) in [6.45, 7) is 0.107. The van der Waals surface area contributed by atoms with Crippen LogP contribution in [0.5, 0.6) is 11.5 Å². The highest BCUT2D eigenvalue weighted by Gasteiger charge is 2.34. The minimum Gasteiger partial charge on any atom is -0.507 e. The van der Waals surface area contributed by atoms with Crippen molar-refractivity contribution < 1.29 is 24.7 Å². The minimum absolute atomic E-state index is 0.0164. The lowest BCUT2D eigenvalue weighted by Crippen LogP contribution is -2.21. The molecule has 1 aliphatic carbocycles. The fourth-order valence-electron chi connectivity index (χ4n) is 3.17. The van der Waals surface area contributed by atoms with Crippen LogP contribution in [0.15, 0.2) is 42.9 Å². The summed E-state index contributed by atoms with van der Waals surface area (Å²) in [6.07, 6.45) is 2.48. The van der Waals surface area contributed by atoms with E-state index in [1.807, 2.05) is 0 Å². The number of phenols is 2. The van der Waals surface area contributed by atoms with Crippen molar-refractivity contribution in [2.45, 2.75) is 6.54 Å². The molecule has 0 spiro atoms. The summed E-state index contributed by atoms with van der Waals surface area (Å²) in [5.74, 6) is -2.19. The van der Waals surface area contributed by atoms with Crippen LogP contribution in [0.2, 0.25) is 0 Å². The quantitative estimate of drug-likeness (QED) is 0.419. The number of hydrogen-bond donors (Lipinski definition) is 2. The molecule has 1 heterocycles. The molecular weight excluding hydrogens is 354 g/mol. The normalized spacial score (nSPS) is 12.6. The van der Waals surface area contributed by atoms with Crippen molar-refractivity contribution in [2.24, 2.45) is 0 Å². The molecule has 0 radical (unpaired) electrons. The van der Waals surface area contributed by atoms with Crippen LogP contribution in [0, 0.1) is 10.1 Å². The minimum atomic E-state index is -0.639. The predicted molar refractivity (Wildman–Crippen MR) is 91.1 cm³/mol. The Labute approximate surface area is 151 Å². The van der Waals surface area contributed by atoms with Crippen molar-refractivity contribution in [2.75, 3.05) is 0 Å². The Morgan fingerprint density at radius 3 is 2.48 bits per heavy atom. The van der Waals surface area contributed by atoms with E-state index in [4.69, 9.17) is 0 Å². The standard InChI is InChI=1S/C18H11N3O6/c22-12-3-1-2-10-15(12)18(25)16-11(17(10)24)4-9(5-13(16)23)6-20-7-14(19-8-20)21(26)27/h1-5,7-8,22-23H,6H2. The van der Waals surface area contributed by atoms with Crippen molar-refractivity contribution in [3.8, 4) is 11.5 Å². The molecule has 2 aromatic carbocycles. The molecule has 0 saturated carbocycles. The van der Waals surface area contributed by atoms with Gasteiger partial charge >= 0.3 is 5.82 Å². The number of hydrogen-bond acceptors (Lipinski definition) is 7. The zero-order valence-electron chi connectivity index (χ0n) is 13.6. The van der Waals surface area contributed by atoms with Crippen molar-refractivity contribution in [3.05, 3.63) is 80.8 Å². The van der Waals surface area contributed by atoms with Crippen LogP contribution in [-0.4, -0.2) is 36.3 Å². The smallest absolute Gasteiger partial charge is 0.381 e. The van der Waals surface area contributed by atoms with Crippen LogP contribution in [-0.2, 0) is 6.54 Å². The number of rotatable bonds is 3. The number of ketones is 2. The van der Waals surface area contributed by atoms with E-state index in [0.717, 1.165) is 0 Å². The fourth-order valence-corrected chi connectivity index (χ4v) is 3.17. The van der Waals surface area contributed by atoms with Crippen LogP contribution >= 0.6 is 0 Å². The number of nitrogens with zero attached hydrogens (tertiary/aromatic N) is 3. The Morgan fingerprint density at radius 2 is 1.78 bits per heavy atom. The molecule has 0 aliphatic heterocycles. The summed E-state index contributed by atoms with van der Waals surface area (Å²) < 4.78 is 1.42. The molecule has 0 unspecified atom stereocenters. The highest BCUT2D eigenvalue weighted by Crippen LogP contribution is 2.37. The van der Waals surface area contributed by atoms with E-state index >= 15 is 0 Å². The molecule has 0 fully saturated rings. The molecule has 134 valence electrons. The van der Waals surface area contributed by atoms with E-state index in [2.05, 4.69) is 4.98 Å². The van der Waals surface area contributed by atoms with Crippen LogP contribution in [0.1, 0.15) is 37.4 Å². The third-order valence-corrected chi connectivity index (χ3v) is 4.33. The van der Waals surface area contributed by atoms with Crippen LogP contribution < -0.4 is 0 Å². The summed E-state index contributed by atoms with van der Waals surface area (Å²) in [7, 11) is 0. The van der Waals surface area contributed by atoms with Crippen molar-refractivity contribution in [1.82, 2.24) is 9.55 Å². The van der Waals surface area contributed by atoms with Gasteiger partial charge in [-0.3, -0.25) is 9.59 Å². The fraction of sp³-hybridized carbons (Fsp3) is 0.0556. The van der Waals surface area contributed by atoms with Gasteiger partial charge in [-0.05, 0) is 33.7 Å². The molecule has 0 amide bonds. The molecule has 0 saturated heterocycles. The molecule has 9 nitrogen and oxygen atoms in total. The second-order valence-electron chi connectivity index (χ2n) is 6.06. The topological polar surface area (TPSA) is 136 Å². The Hall–Kier alpha value is -4.01. The molecule has 1 aliphatic rings. The van der Waals surface area contributed by atoms with E-state index in [9.17, 15) is 29.9 Å². The van der Waals surface area contributed by atoms with Gasteiger partial charge in [-0.2, -0.15) is 0 Å². The molecule has 9 heteroatoms. The van der Waals surface area contributed by atoms with Crippen molar-refractivity contribution in [3.63, 3.8) is 0 Å². The molecule has 2 N–H and O–H groups in total. The number of fused-ring (bicyclic) bond motifs is 2. The largest absolute Gasteiger partial charge is 0.507 e. The third kappa shape index (κ3) is 2.53. The van der Waals surface area contributed by atoms with Gasteiger partial charge in [-0.1, -0.05) is 12.1 Å². The predicted octanol–water partition coefficient (Wildman–Crippen LogP) is 2.03. The Balaban J connectivity index is 1.79. The van der Waals surface area contributed by atoms with Gasteiger partial charge in [0.2, 0.25) is 12.1 Å². The Kier molecular flexibility index (Phi) is 3.51. The molecule has 4 rings (SSSR count). The zero-order valence-corrected chi connectivity index (χ0v) is 13.6. The highest BCUT2D eigenvalue weighted by molar-refractivity contribution is 6.30. The first kappa shape index (κ1) is 16.5. The molecular formula is C18H11N3O6. The van der Waals surface area contributed by atoms with E-state index in [0.29, 0.717) is 5.56 Å². The summed E-state index contributed by atoms with van der Waals surface area (Å²) in [4.78, 5) is 39.2. The lowest BCUT2D eigenvalue weighted by atomic mass is 9.82. The lowest BCUT2D eigenvalue weighted by Gasteiger charge is -2.20. The van der Waals surface area contributed by atoms with Gasteiger partial charge in [0.1, 0.15) is 17.7 Å². The summed E-state index contributed by atoms with van der Waals surface area (Å²) >= 11 is 0. The van der Waals surface area contributed by atoms with Gasteiger partial charge in [0.05, 0.1) is 17.7 Å². The number of benzene rings is 2. The van der Waals surface area contributed by atoms with Gasteiger partial charge in [0, 0.05) is 11.1 Å². The van der Waals surface area contributed by atoms with Crippen LogP contribution in [0.4, 0.5) is 5.82 Å². The molecule has 0 atom stereocenters. The SMILES string of the molecule is O=C1c2cccc(O)c2C(=O)c2c(O)cc(Cn3cnc([N+](=O)[O-])c3)cc21. The first-order valence-corrected chi connectivity index (χ1v) is 7.80. The Bertz CT molecular complexity index is 1150. The summed E-state index contributed by atoms with van der Waals surface area (Å²) in [5.41, 5.74) is 0.228. The van der Waals surface area contributed by atoms with E-state index in [-0.39, 0.29) is 40.4 Å². The van der Waals surface area contributed by atoms with Gasteiger partial charge in [-0.25, -0.2) is 0 Å². The van der Waals surface area contributed by atoms with Gasteiger partial charge in [0.25, 0.3) is 0 Å². The Morgan fingerprint density at radius 1 is 1.04 bits per heavy atom. The zero-order chi connectivity index (χ0) is 19.3. The number of nitro groups is 1. The number of phenolic OH excluding ortho intramolecular Hbond substituents is 2. The third-order valence-electron chi connectivity index (χ3n) is 4.33. The number of aromatic hydroxyl groups is 2. The maximum Gasteiger partial charge on any atom is 0.381 e. The second kappa shape index (κ2) is 5.77. The van der Waals surface area contributed by atoms with Crippen LogP contribution in [0.25, 0.3) is 0 Å². The summed E-state index contributed by atoms with van der Waals surface area (Å²) in [6, 6.07) is 6.95. The first-order chi connectivity index (χ1) is 12.9. The van der Waals surface area contributed by atoms with Gasteiger partial charge < -0.3 is 24.9 Å².